The van der Waals surface area contributed by atoms with Crippen LogP contribution >= 0.6 is 11.3 Å². The van der Waals surface area contributed by atoms with E-state index >= 15 is 0 Å². The first-order valence-corrected chi connectivity index (χ1v) is 13.0. The number of hydrogen-bond donors (Lipinski definition) is 0. The van der Waals surface area contributed by atoms with Gasteiger partial charge in [0, 0.05) is 42.9 Å². The quantitative estimate of drug-likeness (QED) is 0.655. The topological polar surface area (TPSA) is 76.2 Å². The van der Waals surface area contributed by atoms with Crippen LogP contribution in [0.3, 0.4) is 0 Å². The number of sulfonamides is 1. The van der Waals surface area contributed by atoms with Crippen LogP contribution in [-0.2, 0) is 21.4 Å². The summed E-state index contributed by atoms with van der Waals surface area (Å²) >= 11 is 1.64. The second kappa shape index (κ2) is 9.58. The number of piperidine rings is 1. The normalized spacial score (nSPS) is 17.8. The lowest BCUT2D eigenvalue weighted by atomic mass is 9.96. The number of hydrogen-bond acceptors (Lipinski definition) is 6. The molecule has 7 nitrogen and oxygen atoms in total. The van der Waals surface area contributed by atoms with Crippen LogP contribution < -0.4 is 9.47 Å². The Kier molecular flexibility index (Phi) is 6.83. The molecule has 0 spiro atoms. The summed E-state index contributed by atoms with van der Waals surface area (Å²) in [4.78, 5) is 16.2. The van der Waals surface area contributed by atoms with Crippen molar-refractivity contribution >= 4 is 27.3 Å². The summed E-state index contributed by atoms with van der Waals surface area (Å²) in [5.41, 5.74) is 0. The molecule has 1 saturated heterocycles. The summed E-state index contributed by atoms with van der Waals surface area (Å²) in [6.45, 7) is 4.98. The van der Waals surface area contributed by atoms with Crippen LogP contribution in [0.4, 0.5) is 0 Å². The predicted molar refractivity (Wildman–Crippen MR) is 119 cm³/mol. The molecule has 0 bridgehead atoms. The highest BCUT2D eigenvalue weighted by atomic mass is 32.2. The average Bonchev–Trinajstić information content (AvgIpc) is 3.19. The van der Waals surface area contributed by atoms with Crippen molar-refractivity contribution in [3.8, 4) is 11.5 Å². The Morgan fingerprint density at radius 1 is 1.16 bits per heavy atom. The molecular formula is C22H28N2O5S2. The summed E-state index contributed by atoms with van der Waals surface area (Å²) in [6.07, 6.45) is 1.83. The molecule has 0 aliphatic carbocycles. The number of fused-ring (bicyclic) bond motifs is 1. The summed E-state index contributed by atoms with van der Waals surface area (Å²) in [6, 6.07) is 8.80. The summed E-state index contributed by atoms with van der Waals surface area (Å²) in [5.74, 6) is 1.01. The van der Waals surface area contributed by atoms with E-state index < -0.39 is 10.0 Å². The maximum atomic E-state index is 13.2. The number of amides is 1. The van der Waals surface area contributed by atoms with E-state index in [1.807, 2.05) is 29.3 Å². The van der Waals surface area contributed by atoms with Gasteiger partial charge in [0.2, 0.25) is 15.9 Å². The smallest absolute Gasteiger partial charge is 0.243 e. The van der Waals surface area contributed by atoms with Crippen molar-refractivity contribution in [3.05, 3.63) is 40.6 Å². The predicted octanol–water partition coefficient (Wildman–Crippen LogP) is 3.36. The molecule has 4 rings (SSSR count). The first-order chi connectivity index (χ1) is 15.0. The standard InChI is InChI=1S/C22H28N2O5S2/c1-2-23(16-18-5-3-14-30-18)22(25)17-8-10-24(11-9-17)31(26,27)19-6-7-20-21(15-19)29-13-4-12-28-20/h3,5-7,14-15,17H,2,4,8-13,16H2,1H3. The van der Waals surface area contributed by atoms with E-state index in [-0.39, 0.29) is 16.7 Å². The van der Waals surface area contributed by atoms with E-state index in [1.165, 1.54) is 4.31 Å². The average molecular weight is 465 g/mol. The van der Waals surface area contributed by atoms with Crippen molar-refractivity contribution in [2.24, 2.45) is 5.92 Å². The number of rotatable bonds is 6. The number of ether oxygens (including phenoxy) is 2. The van der Waals surface area contributed by atoms with Gasteiger partial charge in [-0.3, -0.25) is 4.79 Å². The number of carbonyl (C=O) groups excluding carboxylic acids is 1. The van der Waals surface area contributed by atoms with Crippen molar-refractivity contribution < 1.29 is 22.7 Å². The van der Waals surface area contributed by atoms with Crippen molar-refractivity contribution in [1.29, 1.82) is 0 Å². The van der Waals surface area contributed by atoms with Gasteiger partial charge in [0.1, 0.15) is 0 Å². The lowest BCUT2D eigenvalue weighted by molar-refractivity contribution is -0.137. The molecule has 9 heteroatoms. The zero-order valence-electron chi connectivity index (χ0n) is 17.7. The SMILES string of the molecule is CCN(Cc1cccs1)C(=O)C1CCN(S(=O)(=O)c2ccc3c(c2)OCCCO3)CC1. The summed E-state index contributed by atoms with van der Waals surface area (Å²) in [5, 5.41) is 2.01. The van der Waals surface area contributed by atoms with Crippen LogP contribution in [0.15, 0.2) is 40.6 Å². The molecule has 0 saturated carbocycles. The minimum atomic E-state index is -3.65. The van der Waals surface area contributed by atoms with Gasteiger partial charge in [-0.05, 0) is 43.3 Å². The van der Waals surface area contributed by atoms with Crippen LogP contribution in [0, 0.1) is 5.92 Å². The van der Waals surface area contributed by atoms with Gasteiger partial charge >= 0.3 is 0 Å². The number of nitrogens with zero attached hydrogens (tertiary/aromatic N) is 2. The molecule has 2 aliphatic rings. The van der Waals surface area contributed by atoms with Crippen molar-refractivity contribution in [2.75, 3.05) is 32.8 Å². The Morgan fingerprint density at radius 3 is 2.58 bits per heavy atom. The third-order valence-electron chi connectivity index (χ3n) is 5.78. The lowest BCUT2D eigenvalue weighted by Gasteiger charge is -2.33. The Hall–Kier alpha value is -2.10. The zero-order valence-corrected chi connectivity index (χ0v) is 19.3. The second-order valence-corrected chi connectivity index (χ2v) is 10.7. The maximum Gasteiger partial charge on any atom is 0.243 e. The highest BCUT2D eigenvalue weighted by Gasteiger charge is 2.34. The fraction of sp³-hybridized carbons (Fsp3) is 0.500. The van der Waals surface area contributed by atoms with Gasteiger partial charge in [-0.15, -0.1) is 11.3 Å². The molecule has 1 fully saturated rings. The fourth-order valence-electron chi connectivity index (χ4n) is 3.99. The summed E-state index contributed by atoms with van der Waals surface area (Å²) < 4.78 is 39.1. The van der Waals surface area contributed by atoms with Crippen molar-refractivity contribution in [1.82, 2.24) is 9.21 Å². The van der Waals surface area contributed by atoms with Gasteiger partial charge in [0.15, 0.2) is 11.5 Å². The molecule has 31 heavy (non-hydrogen) atoms. The minimum Gasteiger partial charge on any atom is -0.490 e. The van der Waals surface area contributed by atoms with Crippen LogP contribution in [-0.4, -0.2) is 56.4 Å². The van der Waals surface area contributed by atoms with Gasteiger partial charge in [-0.2, -0.15) is 4.31 Å². The Bertz CT molecular complexity index is 999. The van der Waals surface area contributed by atoms with Gasteiger partial charge in [-0.1, -0.05) is 6.07 Å². The first-order valence-electron chi connectivity index (χ1n) is 10.7. The van der Waals surface area contributed by atoms with Gasteiger partial charge in [0.25, 0.3) is 0 Å². The molecule has 2 aliphatic heterocycles. The van der Waals surface area contributed by atoms with E-state index in [0.717, 1.165) is 11.3 Å². The molecule has 1 aromatic heterocycles. The zero-order chi connectivity index (χ0) is 21.8. The van der Waals surface area contributed by atoms with E-state index in [4.69, 9.17) is 9.47 Å². The number of carbonyl (C=O) groups is 1. The maximum absolute atomic E-state index is 13.2. The highest BCUT2D eigenvalue weighted by molar-refractivity contribution is 7.89. The number of thiophene rings is 1. The molecule has 0 unspecified atom stereocenters. The van der Waals surface area contributed by atoms with E-state index in [0.29, 0.717) is 63.7 Å². The monoisotopic (exact) mass is 464 g/mol. The van der Waals surface area contributed by atoms with E-state index in [1.54, 1.807) is 29.5 Å². The fourth-order valence-corrected chi connectivity index (χ4v) is 6.20. The molecule has 0 atom stereocenters. The first kappa shape index (κ1) is 22.1. The Labute approximate surface area is 187 Å². The molecule has 3 heterocycles. The third-order valence-corrected chi connectivity index (χ3v) is 8.54. The van der Waals surface area contributed by atoms with Crippen LogP contribution in [0.1, 0.15) is 31.1 Å². The van der Waals surface area contributed by atoms with Crippen LogP contribution in [0.2, 0.25) is 0 Å². The van der Waals surface area contributed by atoms with Gasteiger partial charge in [0.05, 0.1) is 24.7 Å². The van der Waals surface area contributed by atoms with Crippen LogP contribution in [0.25, 0.3) is 0 Å². The molecule has 2 aromatic rings. The van der Waals surface area contributed by atoms with Gasteiger partial charge in [-0.25, -0.2) is 8.42 Å². The van der Waals surface area contributed by atoms with Crippen molar-refractivity contribution in [3.63, 3.8) is 0 Å². The minimum absolute atomic E-state index is 0.114. The van der Waals surface area contributed by atoms with Crippen LogP contribution in [0.5, 0.6) is 11.5 Å². The van der Waals surface area contributed by atoms with E-state index in [9.17, 15) is 13.2 Å². The van der Waals surface area contributed by atoms with E-state index in [2.05, 4.69) is 0 Å². The second-order valence-electron chi connectivity index (χ2n) is 7.77. The molecule has 0 N–H and O–H groups in total. The van der Waals surface area contributed by atoms with Crippen molar-refractivity contribution in [2.45, 2.75) is 37.6 Å². The van der Waals surface area contributed by atoms with Gasteiger partial charge < -0.3 is 14.4 Å². The Morgan fingerprint density at radius 2 is 1.90 bits per heavy atom. The Balaban J connectivity index is 1.40. The molecule has 1 amide bonds. The molecule has 1 aromatic carbocycles. The lowest BCUT2D eigenvalue weighted by Crippen LogP contribution is -2.44. The summed E-state index contributed by atoms with van der Waals surface area (Å²) in [7, 11) is -3.65. The number of benzene rings is 1. The molecular weight excluding hydrogens is 436 g/mol. The highest BCUT2D eigenvalue weighted by Crippen LogP contribution is 2.34. The third kappa shape index (κ3) is 4.88. The molecule has 0 radical (unpaired) electrons. The molecule has 168 valence electrons. The largest absolute Gasteiger partial charge is 0.490 e.